The fourth-order valence-electron chi connectivity index (χ4n) is 4.71. The van der Waals surface area contributed by atoms with E-state index in [1.54, 1.807) is 5.56 Å². The first kappa shape index (κ1) is 12.5. The van der Waals surface area contributed by atoms with Crippen molar-refractivity contribution in [3.63, 3.8) is 0 Å². The normalized spacial score (nSPS) is 25.6. The van der Waals surface area contributed by atoms with Crippen LogP contribution < -0.4 is 4.90 Å². The van der Waals surface area contributed by atoms with Crippen molar-refractivity contribution < 1.29 is 5.11 Å². The van der Waals surface area contributed by atoms with Crippen LogP contribution in [0.4, 0.5) is 5.69 Å². The molecule has 3 heteroatoms. The molecule has 1 aliphatic carbocycles. The molecule has 1 N–H and O–H groups in total. The van der Waals surface area contributed by atoms with Gasteiger partial charge in [0.15, 0.2) is 0 Å². The van der Waals surface area contributed by atoms with E-state index in [0.29, 0.717) is 17.8 Å². The average molecular weight is 292 g/mol. The van der Waals surface area contributed by atoms with Crippen molar-refractivity contribution in [2.24, 2.45) is 0 Å². The molecule has 0 saturated carbocycles. The van der Waals surface area contributed by atoms with E-state index < -0.39 is 0 Å². The van der Waals surface area contributed by atoms with Gasteiger partial charge in [-0.25, -0.2) is 0 Å². The van der Waals surface area contributed by atoms with Crippen LogP contribution in [0.5, 0.6) is 5.75 Å². The van der Waals surface area contributed by atoms with Crippen molar-refractivity contribution in [1.29, 1.82) is 0 Å². The van der Waals surface area contributed by atoms with Gasteiger partial charge in [0.05, 0.1) is 6.04 Å². The summed E-state index contributed by atoms with van der Waals surface area (Å²) in [6.07, 6.45) is 2.09. The number of benzene rings is 2. The third kappa shape index (κ3) is 1.55. The SMILES string of the molecule is CN1CCN2c3ccc(O)cc3Cc3cccc4c3[C@H]2[C@@H]1C4. The third-order valence-electron chi connectivity index (χ3n) is 5.72. The first-order valence-corrected chi connectivity index (χ1v) is 8.12. The van der Waals surface area contributed by atoms with Gasteiger partial charge in [-0.05, 0) is 60.3 Å². The summed E-state index contributed by atoms with van der Waals surface area (Å²) in [7, 11) is 2.26. The molecular weight excluding hydrogens is 272 g/mol. The maximum Gasteiger partial charge on any atom is 0.116 e. The summed E-state index contributed by atoms with van der Waals surface area (Å²) in [5, 5.41) is 9.90. The largest absolute Gasteiger partial charge is 0.508 e. The Labute approximate surface area is 130 Å². The molecule has 22 heavy (non-hydrogen) atoms. The Kier molecular flexibility index (Phi) is 2.43. The molecule has 3 nitrogen and oxygen atoms in total. The molecule has 2 aromatic carbocycles. The number of piperazine rings is 1. The molecule has 0 spiro atoms. The van der Waals surface area contributed by atoms with E-state index in [9.17, 15) is 5.11 Å². The molecule has 2 heterocycles. The van der Waals surface area contributed by atoms with E-state index in [0.717, 1.165) is 25.9 Å². The lowest BCUT2D eigenvalue weighted by atomic mass is 9.96. The van der Waals surface area contributed by atoms with Crippen LogP contribution in [0.1, 0.15) is 28.3 Å². The summed E-state index contributed by atoms with van der Waals surface area (Å²) in [4.78, 5) is 5.11. The predicted octanol–water partition coefficient (Wildman–Crippen LogP) is 2.71. The highest BCUT2D eigenvalue weighted by atomic mass is 16.3. The Hall–Kier alpha value is -2.00. The van der Waals surface area contributed by atoms with E-state index in [2.05, 4.69) is 41.1 Å². The first-order valence-electron chi connectivity index (χ1n) is 8.12. The molecule has 0 amide bonds. The van der Waals surface area contributed by atoms with Crippen molar-refractivity contribution in [2.45, 2.75) is 24.9 Å². The third-order valence-corrected chi connectivity index (χ3v) is 5.72. The van der Waals surface area contributed by atoms with Gasteiger partial charge in [-0.3, -0.25) is 4.90 Å². The second-order valence-corrected chi connectivity index (χ2v) is 6.87. The highest BCUT2D eigenvalue weighted by Gasteiger charge is 2.44. The standard InChI is InChI=1S/C19H20N2O/c1-20-7-8-21-16-6-5-15(22)10-14(16)9-12-3-2-4-13-11-17(20)19(21)18(12)13/h2-6,10,17,19,22H,7-9,11H2,1H3/t17-,19+/m0/s1. The molecule has 2 atom stereocenters. The Morgan fingerprint density at radius 1 is 1.05 bits per heavy atom. The van der Waals surface area contributed by atoms with E-state index in [4.69, 9.17) is 0 Å². The zero-order chi connectivity index (χ0) is 14.8. The number of hydrogen-bond acceptors (Lipinski definition) is 3. The van der Waals surface area contributed by atoms with Gasteiger partial charge in [-0.2, -0.15) is 0 Å². The summed E-state index contributed by atoms with van der Waals surface area (Å²) in [6.45, 7) is 2.16. The molecule has 0 radical (unpaired) electrons. The van der Waals surface area contributed by atoms with Crippen LogP contribution in [0.2, 0.25) is 0 Å². The van der Waals surface area contributed by atoms with Gasteiger partial charge in [0.1, 0.15) is 5.75 Å². The lowest BCUT2D eigenvalue weighted by molar-refractivity contribution is 0.186. The number of hydrogen-bond donors (Lipinski definition) is 1. The Morgan fingerprint density at radius 3 is 2.82 bits per heavy atom. The summed E-state index contributed by atoms with van der Waals surface area (Å²) in [5.74, 6) is 0.373. The van der Waals surface area contributed by atoms with Crippen LogP contribution in [0.15, 0.2) is 36.4 Å². The fourth-order valence-corrected chi connectivity index (χ4v) is 4.71. The van der Waals surface area contributed by atoms with Crippen molar-refractivity contribution >= 4 is 5.69 Å². The zero-order valence-corrected chi connectivity index (χ0v) is 12.8. The number of fused-ring (bicyclic) bond motifs is 2. The monoisotopic (exact) mass is 292 g/mol. The lowest BCUT2D eigenvalue weighted by Gasteiger charge is -2.44. The van der Waals surface area contributed by atoms with E-state index >= 15 is 0 Å². The van der Waals surface area contributed by atoms with Gasteiger partial charge in [0.2, 0.25) is 0 Å². The molecular formula is C19H20N2O. The van der Waals surface area contributed by atoms with Crippen LogP contribution in [0.3, 0.4) is 0 Å². The summed E-state index contributed by atoms with van der Waals surface area (Å²) in [6, 6.07) is 13.7. The van der Waals surface area contributed by atoms with Crippen LogP contribution in [0.25, 0.3) is 0 Å². The Balaban J connectivity index is 1.78. The maximum atomic E-state index is 9.90. The van der Waals surface area contributed by atoms with Gasteiger partial charge in [-0.1, -0.05) is 18.2 Å². The highest BCUT2D eigenvalue weighted by molar-refractivity contribution is 5.65. The summed E-state index contributed by atoms with van der Waals surface area (Å²) >= 11 is 0. The number of aromatic hydroxyl groups is 1. The number of phenolic OH excluding ortho intramolecular Hbond substituents is 1. The Morgan fingerprint density at radius 2 is 1.91 bits per heavy atom. The average Bonchev–Trinajstić information content (AvgIpc) is 2.83. The van der Waals surface area contributed by atoms with Gasteiger partial charge in [0.25, 0.3) is 0 Å². The smallest absolute Gasteiger partial charge is 0.116 e. The molecule has 2 aliphatic heterocycles. The summed E-state index contributed by atoms with van der Waals surface area (Å²) in [5.41, 5.74) is 7.07. The number of rotatable bonds is 0. The minimum atomic E-state index is 0.373. The van der Waals surface area contributed by atoms with Crippen molar-refractivity contribution in [2.75, 3.05) is 25.0 Å². The number of anilines is 1. The predicted molar refractivity (Wildman–Crippen MR) is 87.6 cm³/mol. The molecule has 0 aromatic heterocycles. The van der Waals surface area contributed by atoms with Gasteiger partial charge < -0.3 is 10.0 Å². The van der Waals surface area contributed by atoms with Crippen LogP contribution in [-0.2, 0) is 12.8 Å². The minimum absolute atomic E-state index is 0.373. The van der Waals surface area contributed by atoms with Crippen molar-refractivity contribution in [3.8, 4) is 5.75 Å². The van der Waals surface area contributed by atoms with E-state index in [1.165, 1.54) is 22.4 Å². The number of phenols is 1. The lowest BCUT2D eigenvalue weighted by Crippen LogP contribution is -2.52. The minimum Gasteiger partial charge on any atom is -0.508 e. The van der Waals surface area contributed by atoms with Gasteiger partial charge >= 0.3 is 0 Å². The van der Waals surface area contributed by atoms with E-state index in [1.807, 2.05) is 12.1 Å². The topological polar surface area (TPSA) is 26.7 Å². The van der Waals surface area contributed by atoms with Crippen LogP contribution in [0, 0.1) is 0 Å². The molecule has 112 valence electrons. The molecule has 5 rings (SSSR count). The molecule has 2 aromatic rings. The number of likely N-dealkylation sites (N-methyl/N-ethyl adjacent to an activating group) is 1. The fraction of sp³-hybridized carbons (Fsp3) is 0.368. The van der Waals surface area contributed by atoms with Gasteiger partial charge in [-0.15, -0.1) is 0 Å². The van der Waals surface area contributed by atoms with Crippen molar-refractivity contribution in [3.05, 3.63) is 58.7 Å². The Bertz CT molecular complexity index is 770. The van der Waals surface area contributed by atoms with Gasteiger partial charge in [0, 0.05) is 24.8 Å². The second-order valence-electron chi connectivity index (χ2n) is 6.87. The summed E-state index contributed by atoms with van der Waals surface area (Å²) < 4.78 is 0. The molecule has 3 aliphatic rings. The number of nitrogens with zero attached hydrogens (tertiary/aromatic N) is 2. The quantitative estimate of drug-likeness (QED) is 0.809. The zero-order valence-electron chi connectivity index (χ0n) is 12.8. The molecule has 0 unspecified atom stereocenters. The van der Waals surface area contributed by atoms with Crippen LogP contribution in [-0.4, -0.2) is 36.2 Å². The molecule has 1 fully saturated rings. The maximum absolute atomic E-state index is 9.90. The van der Waals surface area contributed by atoms with Crippen LogP contribution >= 0.6 is 0 Å². The highest BCUT2D eigenvalue weighted by Crippen LogP contribution is 2.48. The molecule has 1 saturated heterocycles. The van der Waals surface area contributed by atoms with Crippen molar-refractivity contribution in [1.82, 2.24) is 4.90 Å². The first-order chi connectivity index (χ1) is 10.7. The van der Waals surface area contributed by atoms with E-state index in [-0.39, 0.29) is 0 Å². The second kappa shape index (κ2) is 4.26. The molecule has 0 bridgehead atoms.